The van der Waals surface area contributed by atoms with Crippen molar-refractivity contribution in [3.63, 3.8) is 0 Å². The first kappa shape index (κ1) is 14.5. The second-order valence-corrected chi connectivity index (χ2v) is 5.80. The lowest BCUT2D eigenvalue weighted by molar-refractivity contribution is 0.625. The highest BCUT2D eigenvalue weighted by Gasteiger charge is 2.16. The van der Waals surface area contributed by atoms with E-state index >= 15 is 0 Å². The quantitative estimate of drug-likeness (QED) is 0.577. The van der Waals surface area contributed by atoms with Crippen molar-refractivity contribution in [2.45, 2.75) is 19.9 Å². The van der Waals surface area contributed by atoms with E-state index in [1.165, 1.54) is 0 Å². The van der Waals surface area contributed by atoms with Gasteiger partial charge in [0.25, 0.3) is 0 Å². The molecule has 0 bridgehead atoms. The summed E-state index contributed by atoms with van der Waals surface area (Å²) in [5.74, 6) is 0.916. The van der Waals surface area contributed by atoms with Gasteiger partial charge in [-0.05, 0) is 31.5 Å². The number of pyridine rings is 1. The Morgan fingerprint density at radius 3 is 2.71 bits per heavy atom. The molecule has 24 heavy (non-hydrogen) atoms. The summed E-state index contributed by atoms with van der Waals surface area (Å²) >= 11 is 0. The van der Waals surface area contributed by atoms with E-state index in [4.69, 9.17) is 0 Å². The molecule has 0 saturated heterocycles. The topological polar surface area (TPSA) is 56.5 Å². The van der Waals surface area contributed by atoms with Crippen LogP contribution in [0.25, 0.3) is 22.3 Å². The smallest absolute Gasteiger partial charge is 0.141 e. The van der Waals surface area contributed by atoms with Crippen molar-refractivity contribution < 1.29 is 0 Å². The predicted octanol–water partition coefficient (Wildman–Crippen LogP) is 3.81. The molecule has 3 aromatic heterocycles. The molecule has 5 nitrogen and oxygen atoms in total. The van der Waals surface area contributed by atoms with E-state index in [0.717, 1.165) is 33.5 Å². The molecule has 1 atom stereocenters. The number of fused-ring (bicyclic) bond motifs is 1. The van der Waals surface area contributed by atoms with Crippen LogP contribution < -0.4 is 0 Å². The molecule has 118 valence electrons. The summed E-state index contributed by atoms with van der Waals surface area (Å²) in [5, 5.41) is 1.11. The molecule has 0 aliphatic heterocycles. The molecule has 1 aromatic carbocycles. The van der Waals surface area contributed by atoms with Gasteiger partial charge in [-0.3, -0.25) is 4.98 Å². The minimum absolute atomic E-state index is 0.0681. The van der Waals surface area contributed by atoms with E-state index in [-0.39, 0.29) is 6.04 Å². The zero-order valence-corrected chi connectivity index (χ0v) is 13.6. The maximum Gasteiger partial charge on any atom is 0.141 e. The van der Waals surface area contributed by atoms with Gasteiger partial charge in [0.15, 0.2) is 0 Å². The average molecular weight is 315 g/mol. The Morgan fingerprint density at radius 2 is 1.88 bits per heavy atom. The van der Waals surface area contributed by atoms with E-state index < -0.39 is 0 Å². The average Bonchev–Trinajstić information content (AvgIpc) is 3.12. The van der Waals surface area contributed by atoms with Gasteiger partial charge in [-0.15, -0.1) is 0 Å². The number of aryl methyl sites for hydroxylation is 1. The first-order valence-electron chi connectivity index (χ1n) is 7.89. The molecule has 0 amide bonds. The van der Waals surface area contributed by atoms with Crippen LogP contribution in [0.4, 0.5) is 0 Å². The summed E-state index contributed by atoms with van der Waals surface area (Å²) in [7, 11) is 0. The van der Waals surface area contributed by atoms with Gasteiger partial charge >= 0.3 is 0 Å². The van der Waals surface area contributed by atoms with Crippen LogP contribution in [0.2, 0.25) is 0 Å². The number of hydrogen-bond acceptors (Lipinski definition) is 4. The number of rotatable bonds is 3. The molecule has 4 aromatic rings. The zero-order valence-electron chi connectivity index (χ0n) is 13.6. The van der Waals surface area contributed by atoms with E-state index in [1.807, 2.05) is 30.7 Å². The highest BCUT2D eigenvalue weighted by atomic mass is 15.1. The molecule has 0 aliphatic carbocycles. The second-order valence-electron chi connectivity index (χ2n) is 5.80. The molecule has 5 heteroatoms. The third-order valence-electron chi connectivity index (χ3n) is 4.33. The fourth-order valence-electron chi connectivity index (χ4n) is 3.03. The fraction of sp³-hybridized carbons (Fsp3) is 0.158. The summed E-state index contributed by atoms with van der Waals surface area (Å²) < 4.78 is 2.14. The van der Waals surface area contributed by atoms with Crippen LogP contribution >= 0.6 is 0 Å². The summed E-state index contributed by atoms with van der Waals surface area (Å²) in [6, 6.07) is 10.3. The Labute approximate surface area is 140 Å². The van der Waals surface area contributed by atoms with Crippen molar-refractivity contribution in [2.75, 3.05) is 0 Å². The Kier molecular flexibility index (Phi) is 3.54. The fourth-order valence-corrected chi connectivity index (χ4v) is 3.03. The van der Waals surface area contributed by atoms with Gasteiger partial charge in [-0.1, -0.05) is 18.2 Å². The van der Waals surface area contributed by atoms with Crippen molar-refractivity contribution in [1.82, 2.24) is 24.5 Å². The lowest BCUT2D eigenvalue weighted by atomic mass is 10.0. The van der Waals surface area contributed by atoms with Crippen molar-refractivity contribution >= 4 is 10.9 Å². The molecule has 0 saturated carbocycles. The summed E-state index contributed by atoms with van der Waals surface area (Å²) in [4.78, 5) is 17.5. The van der Waals surface area contributed by atoms with Gasteiger partial charge in [0.1, 0.15) is 12.2 Å². The minimum Gasteiger partial charge on any atom is -0.322 e. The number of benzene rings is 1. The molecule has 1 unspecified atom stereocenters. The number of hydrogen-bond donors (Lipinski definition) is 0. The monoisotopic (exact) mass is 315 g/mol. The van der Waals surface area contributed by atoms with Crippen LogP contribution in [0.5, 0.6) is 0 Å². The molecule has 4 rings (SSSR count). The SMILES string of the molecule is Cc1ccc(-c2nccn2C(C)c2ccncn2)c2cccnc12. The second kappa shape index (κ2) is 5.85. The van der Waals surface area contributed by atoms with Crippen LogP contribution in [0.3, 0.4) is 0 Å². The lowest BCUT2D eigenvalue weighted by Crippen LogP contribution is -2.09. The van der Waals surface area contributed by atoms with Crippen LogP contribution in [0.15, 0.2) is 61.4 Å². The van der Waals surface area contributed by atoms with Gasteiger partial charge in [0, 0.05) is 35.7 Å². The molecule has 3 heterocycles. The van der Waals surface area contributed by atoms with Gasteiger partial charge in [-0.2, -0.15) is 0 Å². The first-order valence-corrected chi connectivity index (χ1v) is 7.89. The molecule has 0 fully saturated rings. The normalized spacial score (nSPS) is 12.4. The Morgan fingerprint density at radius 1 is 0.958 bits per heavy atom. The lowest BCUT2D eigenvalue weighted by Gasteiger charge is -2.17. The van der Waals surface area contributed by atoms with Crippen LogP contribution in [-0.4, -0.2) is 24.5 Å². The van der Waals surface area contributed by atoms with E-state index in [0.29, 0.717) is 0 Å². The molecular weight excluding hydrogens is 298 g/mol. The maximum absolute atomic E-state index is 4.60. The number of imidazole rings is 1. The van der Waals surface area contributed by atoms with Crippen LogP contribution in [-0.2, 0) is 0 Å². The third kappa shape index (κ3) is 2.34. The first-order chi connectivity index (χ1) is 11.8. The summed E-state index contributed by atoms with van der Waals surface area (Å²) in [6.45, 7) is 4.19. The van der Waals surface area contributed by atoms with E-state index in [1.54, 1.807) is 12.5 Å². The number of aromatic nitrogens is 5. The van der Waals surface area contributed by atoms with Crippen molar-refractivity contribution in [3.05, 3.63) is 72.7 Å². The van der Waals surface area contributed by atoms with Crippen molar-refractivity contribution in [2.24, 2.45) is 0 Å². The maximum atomic E-state index is 4.60. The van der Waals surface area contributed by atoms with Crippen molar-refractivity contribution in [3.8, 4) is 11.4 Å². The zero-order chi connectivity index (χ0) is 16.5. The van der Waals surface area contributed by atoms with Gasteiger partial charge in [0.2, 0.25) is 0 Å². The Hall–Kier alpha value is -3.08. The third-order valence-corrected chi connectivity index (χ3v) is 4.33. The van der Waals surface area contributed by atoms with Crippen LogP contribution in [0, 0.1) is 6.92 Å². The highest BCUT2D eigenvalue weighted by Crippen LogP contribution is 2.31. The largest absolute Gasteiger partial charge is 0.322 e. The van der Waals surface area contributed by atoms with Gasteiger partial charge in [-0.25, -0.2) is 15.0 Å². The molecule has 0 aliphatic rings. The van der Waals surface area contributed by atoms with Gasteiger partial charge in [0.05, 0.1) is 17.3 Å². The van der Waals surface area contributed by atoms with E-state index in [9.17, 15) is 0 Å². The van der Waals surface area contributed by atoms with Crippen molar-refractivity contribution in [1.29, 1.82) is 0 Å². The molecule has 0 N–H and O–H groups in total. The Bertz CT molecular complexity index is 991. The summed E-state index contributed by atoms with van der Waals surface area (Å²) in [5.41, 5.74) is 4.21. The standard InChI is InChI=1S/C19H17N5/c1-13-5-6-16(15-4-3-8-21-18(13)15)19-22-10-11-24(19)14(2)17-7-9-20-12-23-17/h3-12,14H,1-2H3. The molecule has 0 spiro atoms. The van der Waals surface area contributed by atoms with Crippen LogP contribution in [0.1, 0.15) is 24.2 Å². The highest BCUT2D eigenvalue weighted by molar-refractivity contribution is 5.94. The number of nitrogens with zero attached hydrogens (tertiary/aromatic N) is 5. The Balaban J connectivity index is 1.89. The minimum atomic E-state index is 0.0681. The summed E-state index contributed by atoms with van der Waals surface area (Å²) in [6.07, 6.45) is 8.99. The molecular formula is C19H17N5. The van der Waals surface area contributed by atoms with Gasteiger partial charge < -0.3 is 4.57 Å². The predicted molar refractivity (Wildman–Crippen MR) is 93.5 cm³/mol. The van der Waals surface area contributed by atoms with E-state index in [2.05, 4.69) is 56.5 Å². The molecule has 0 radical (unpaired) electrons.